The number of nitrogens with zero attached hydrogens (tertiary/aromatic N) is 2. The van der Waals surface area contributed by atoms with E-state index in [4.69, 9.17) is 11.6 Å². The third-order valence-corrected chi connectivity index (χ3v) is 5.18. The summed E-state index contributed by atoms with van der Waals surface area (Å²) in [6.45, 7) is 5.80. The lowest BCUT2D eigenvalue weighted by atomic mass is 10.1. The van der Waals surface area contributed by atoms with E-state index in [9.17, 15) is 9.18 Å². The van der Waals surface area contributed by atoms with Crippen LogP contribution in [0.4, 0.5) is 15.9 Å². The van der Waals surface area contributed by atoms with Crippen LogP contribution in [-0.4, -0.2) is 16.3 Å². The Morgan fingerprint density at radius 1 is 1.30 bits per heavy atom. The topological polar surface area (TPSA) is 54.9 Å². The maximum absolute atomic E-state index is 14.3. The van der Waals surface area contributed by atoms with Crippen LogP contribution in [0.3, 0.4) is 0 Å². The van der Waals surface area contributed by atoms with Gasteiger partial charge in [-0.3, -0.25) is 4.79 Å². The van der Waals surface area contributed by atoms with Crippen LogP contribution in [0.25, 0.3) is 10.7 Å². The van der Waals surface area contributed by atoms with Crippen LogP contribution in [0.2, 0.25) is 4.34 Å². The maximum Gasteiger partial charge on any atom is 0.171 e. The number of rotatable bonds is 7. The molecule has 7 heteroatoms. The van der Waals surface area contributed by atoms with Gasteiger partial charge in [0.15, 0.2) is 5.82 Å². The Bertz CT molecular complexity index is 1000. The molecule has 4 nitrogen and oxygen atoms in total. The third kappa shape index (κ3) is 4.23. The highest BCUT2D eigenvalue weighted by atomic mass is 35.5. The first-order chi connectivity index (χ1) is 13.0. The molecule has 2 heterocycles. The van der Waals surface area contributed by atoms with Crippen LogP contribution >= 0.6 is 22.9 Å². The van der Waals surface area contributed by atoms with Crippen LogP contribution in [0, 0.1) is 5.82 Å². The Hall–Kier alpha value is -2.57. The van der Waals surface area contributed by atoms with Gasteiger partial charge in [0.05, 0.1) is 14.9 Å². The molecule has 0 aliphatic rings. The van der Waals surface area contributed by atoms with E-state index in [0.717, 1.165) is 16.1 Å². The number of anilines is 2. The van der Waals surface area contributed by atoms with Gasteiger partial charge in [-0.05, 0) is 43.2 Å². The van der Waals surface area contributed by atoms with Crippen molar-refractivity contribution in [3.8, 4) is 10.7 Å². The van der Waals surface area contributed by atoms with Crippen LogP contribution in [0.15, 0.2) is 43.0 Å². The molecule has 3 rings (SSSR count). The van der Waals surface area contributed by atoms with Crippen LogP contribution < -0.4 is 5.32 Å². The zero-order valence-corrected chi connectivity index (χ0v) is 16.2. The van der Waals surface area contributed by atoms with Gasteiger partial charge in [-0.15, -0.1) is 17.9 Å². The van der Waals surface area contributed by atoms with E-state index < -0.39 is 5.82 Å². The number of aryl methyl sites for hydroxylation is 1. The fraction of sp³-hybridized carbons (Fsp3) is 0.150. The molecule has 0 fully saturated rings. The number of aromatic nitrogens is 2. The second kappa shape index (κ2) is 8.41. The first kappa shape index (κ1) is 19.2. The molecule has 0 atom stereocenters. The summed E-state index contributed by atoms with van der Waals surface area (Å²) in [6.07, 6.45) is 3.61. The molecule has 0 saturated heterocycles. The fourth-order valence-electron chi connectivity index (χ4n) is 2.66. The average Bonchev–Trinajstić information content (AvgIpc) is 3.11. The third-order valence-electron chi connectivity index (χ3n) is 3.95. The lowest BCUT2D eigenvalue weighted by Gasteiger charge is -2.15. The Labute approximate surface area is 165 Å². The minimum atomic E-state index is -0.526. The molecule has 0 amide bonds. The molecule has 138 valence electrons. The average molecular weight is 402 g/mol. The van der Waals surface area contributed by atoms with Crippen LogP contribution in [-0.2, 0) is 12.8 Å². The molecular formula is C20H17ClFN3OS. The summed E-state index contributed by atoms with van der Waals surface area (Å²) in [5.41, 5.74) is 2.23. The van der Waals surface area contributed by atoms with E-state index >= 15 is 0 Å². The zero-order chi connectivity index (χ0) is 19.4. The molecule has 27 heavy (non-hydrogen) atoms. The second-order valence-corrected chi connectivity index (χ2v) is 7.47. The van der Waals surface area contributed by atoms with E-state index in [1.54, 1.807) is 18.2 Å². The Morgan fingerprint density at radius 3 is 2.70 bits per heavy atom. The minimum absolute atomic E-state index is 0.238. The molecule has 0 aliphatic carbocycles. The van der Waals surface area contributed by atoms with Crippen molar-refractivity contribution in [1.29, 1.82) is 0 Å². The predicted octanol–water partition coefficient (Wildman–Crippen LogP) is 5.84. The Kier molecular flexibility index (Phi) is 5.98. The highest BCUT2D eigenvalue weighted by molar-refractivity contribution is 7.19. The van der Waals surface area contributed by atoms with Crippen molar-refractivity contribution in [1.82, 2.24) is 9.97 Å². The van der Waals surface area contributed by atoms with Crippen LogP contribution in [0.1, 0.15) is 28.5 Å². The van der Waals surface area contributed by atoms with Crippen molar-refractivity contribution in [3.05, 3.63) is 70.0 Å². The SMILES string of the molecule is C=CCc1c(CC)nc(-c2ccc(Cl)s2)nc1Nc1ccc(C=O)cc1F. The van der Waals surface area contributed by atoms with E-state index in [-0.39, 0.29) is 11.3 Å². The molecule has 1 N–H and O–H groups in total. The van der Waals surface area contributed by atoms with Gasteiger partial charge >= 0.3 is 0 Å². The van der Waals surface area contributed by atoms with Gasteiger partial charge in [0.2, 0.25) is 0 Å². The van der Waals surface area contributed by atoms with Crippen molar-refractivity contribution >= 4 is 40.7 Å². The summed E-state index contributed by atoms with van der Waals surface area (Å²) >= 11 is 7.42. The van der Waals surface area contributed by atoms with Crippen LogP contribution in [0.5, 0.6) is 0 Å². The van der Waals surface area contributed by atoms with Gasteiger partial charge in [-0.2, -0.15) is 0 Å². The number of carbonyl (C=O) groups excluding carboxylic acids is 1. The number of halogens is 2. The first-order valence-corrected chi connectivity index (χ1v) is 9.53. The Morgan fingerprint density at radius 2 is 2.11 bits per heavy atom. The molecule has 0 bridgehead atoms. The molecule has 0 unspecified atom stereocenters. The number of aldehydes is 1. The normalized spacial score (nSPS) is 10.6. The number of thiophene rings is 1. The monoisotopic (exact) mass is 401 g/mol. The predicted molar refractivity (Wildman–Crippen MR) is 109 cm³/mol. The van der Waals surface area contributed by atoms with Crippen molar-refractivity contribution in [2.75, 3.05) is 5.32 Å². The summed E-state index contributed by atoms with van der Waals surface area (Å²) < 4.78 is 15.0. The van der Waals surface area contributed by atoms with E-state index in [1.807, 2.05) is 13.0 Å². The number of benzene rings is 1. The lowest BCUT2D eigenvalue weighted by molar-refractivity contribution is 0.112. The summed E-state index contributed by atoms with van der Waals surface area (Å²) in [5.74, 6) is 0.518. The number of hydrogen-bond acceptors (Lipinski definition) is 5. The summed E-state index contributed by atoms with van der Waals surface area (Å²) in [5, 5.41) is 3.05. The quantitative estimate of drug-likeness (QED) is 0.399. The van der Waals surface area contributed by atoms with Gasteiger partial charge in [0.25, 0.3) is 0 Å². The zero-order valence-electron chi connectivity index (χ0n) is 14.6. The lowest BCUT2D eigenvalue weighted by Crippen LogP contribution is -2.08. The van der Waals surface area contributed by atoms with E-state index in [1.165, 1.54) is 23.5 Å². The number of hydrogen-bond donors (Lipinski definition) is 1. The Balaban J connectivity index is 2.10. The van der Waals surface area contributed by atoms with Gasteiger partial charge in [0, 0.05) is 16.8 Å². The van der Waals surface area contributed by atoms with Crippen molar-refractivity contribution in [2.24, 2.45) is 0 Å². The molecule has 0 radical (unpaired) electrons. The number of carbonyl (C=O) groups is 1. The molecular weight excluding hydrogens is 385 g/mol. The first-order valence-electron chi connectivity index (χ1n) is 8.33. The van der Waals surface area contributed by atoms with Crippen molar-refractivity contribution in [3.63, 3.8) is 0 Å². The fourth-order valence-corrected chi connectivity index (χ4v) is 3.64. The standard InChI is InChI=1S/C20H17ClFN3OS/c1-3-5-13-15(4-2)23-20(17-8-9-18(21)27-17)25-19(13)24-16-7-6-12(11-26)10-14(16)22/h3,6-11H,1,4-5H2,2H3,(H,23,24,25). The summed E-state index contributed by atoms with van der Waals surface area (Å²) in [6, 6.07) is 7.90. The van der Waals surface area contributed by atoms with Gasteiger partial charge in [-0.1, -0.05) is 24.6 Å². The number of allylic oxidation sites excluding steroid dienone is 1. The highest BCUT2D eigenvalue weighted by Gasteiger charge is 2.16. The van der Waals surface area contributed by atoms with Crippen molar-refractivity contribution in [2.45, 2.75) is 19.8 Å². The molecule has 0 spiro atoms. The van der Waals surface area contributed by atoms with Gasteiger partial charge < -0.3 is 5.32 Å². The summed E-state index contributed by atoms with van der Waals surface area (Å²) in [7, 11) is 0. The van der Waals surface area contributed by atoms with E-state index in [2.05, 4.69) is 21.9 Å². The minimum Gasteiger partial charge on any atom is -0.337 e. The smallest absolute Gasteiger partial charge is 0.171 e. The van der Waals surface area contributed by atoms with Gasteiger partial charge in [0.1, 0.15) is 17.9 Å². The molecule has 1 aromatic carbocycles. The molecule has 0 saturated carbocycles. The molecule has 2 aromatic heterocycles. The number of nitrogens with one attached hydrogen (secondary N) is 1. The molecule has 3 aromatic rings. The second-order valence-electron chi connectivity index (χ2n) is 5.75. The summed E-state index contributed by atoms with van der Waals surface area (Å²) in [4.78, 5) is 20.9. The largest absolute Gasteiger partial charge is 0.337 e. The highest BCUT2D eigenvalue weighted by Crippen LogP contribution is 2.32. The maximum atomic E-state index is 14.3. The van der Waals surface area contributed by atoms with E-state index in [0.29, 0.717) is 35.1 Å². The molecule has 0 aliphatic heterocycles. The van der Waals surface area contributed by atoms with Crippen molar-refractivity contribution < 1.29 is 9.18 Å². The van der Waals surface area contributed by atoms with Gasteiger partial charge in [-0.25, -0.2) is 14.4 Å².